The summed E-state index contributed by atoms with van der Waals surface area (Å²) in [6, 6.07) is 7.82. The van der Waals surface area contributed by atoms with Gasteiger partial charge in [-0.15, -0.1) is 0 Å². The SMILES string of the molecule is O=[S@]1CCCNc2ccccc21. The molecule has 0 saturated heterocycles. The zero-order valence-corrected chi connectivity index (χ0v) is 7.56. The number of anilines is 1. The number of benzene rings is 1. The minimum atomic E-state index is -0.795. The molecule has 0 aliphatic carbocycles. The van der Waals surface area contributed by atoms with Crippen molar-refractivity contribution in [2.45, 2.75) is 11.3 Å². The molecule has 0 bridgehead atoms. The van der Waals surface area contributed by atoms with Gasteiger partial charge in [0.1, 0.15) is 0 Å². The third-order valence-corrected chi connectivity index (χ3v) is 3.46. The van der Waals surface area contributed by atoms with Crippen molar-refractivity contribution >= 4 is 16.5 Å². The van der Waals surface area contributed by atoms with Gasteiger partial charge in [0.2, 0.25) is 0 Å². The monoisotopic (exact) mass is 181 g/mol. The van der Waals surface area contributed by atoms with E-state index in [-0.39, 0.29) is 0 Å². The van der Waals surface area contributed by atoms with Gasteiger partial charge in [-0.3, -0.25) is 4.21 Å². The number of hydrogen-bond acceptors (Lipinski definition) is 2. The molecule has 2 nitrogen and oxygen atoms in total. The molecular formula is C9H11NOS. The molecule has 1 atom stereocenters. The molecule has 1 aliphatic heterocycles. The molecule has 3 heteroatoms. The van der Waals surface area contributed by atoms with Crippen LogP contribution in [0, 0.1) is 0 Å². The summed E-state index contributed by atoms with van der Waals surface area (Å²) in [7, 11) is -0.795. The molecule has 0 radical (unpaired) electrons. The molecule has 0 amide bonds. The standard InChI is InChI=1S/C9H11NOS/c11-12-7-3-6-10-8-4-1-2-5-9(8)12/h1-2,4-5,10H,3,6-7H2/t12-/m0/s1. The van der Waals surface area contributed by atoms with Gasteiger partial charge in [-0.2, -0.15) is 0 Å². The molecule has 0 spiro atoms. The van der Waals surface area contributed by atoms with Crippen LogP contribution in [-0.4, -0.2) is 16.5 Å². The first-order chi connectivity index (χ1) is 5.88. The number of para-hydroxylation sites is 1. The third-order valence-electron chi connectivity index (χ3n) is 1.95. The highest BCUT2D eigenvalue weighted by atomic mass is 32.2. The van der Waals surface area contributed by atoms with Crippen LogP contribution in [0.4, 0.5) is 5.69 Å². The van der Waals surface area contributed by atoms with Crippen molar-refractivity contribution in [1.82, 2.24) is 0 Å². The highest BCUT2D eigenvalue weighted by Gasteiger charge is 2.11. The Morgan fingerprint density at radius 2 is 2.17 bits per heavy atom. The molecule has 1 aliphatic rings. The first-order valence-electron chi connectivity index (χ1n) is 4.09. The lowest BCUT2D eigenvalue weighted by atomic mass is 10.3. The van der Waals surface area contributed by atoms with Crippen LogP contribution < -0.4 is 5.32 Å². The topological polar surface area (TPSA) is 29.1 Å². The average molecular weight is 181 g/mol. The lowest BCUT2D eigenvalue weighted by Crippen LogP contribution is -1.99. The van der Waals surface area contributed by atoms with Gasteiger partial charge in [0, 0.05) is 12.3 Å². The van der Waals surface area contributed by atoms with E-state index in [0.29, 0.717) is 0 Å². The van der Waals surface area contributed by atoms with Crippen LogP contribution in [0.5, 0.6) is 0 Å². The van der Waals surface area contributed by atoms with Gasteiger partial charge < -0.3 is 5.32 Å². The summed E-state index contributed by atoms with van der Waals surface area (Å²) in [6.45, 7) is 0.933. The Morgan fingerprint density at radius 1 is 1.33 bits per heavy atom. The number of fused-ring (bicyclic) bond motifs is 1. The van der Waals surface area contributed by atoms with Gasteiger partial charge in [0.05, 0.1) is 21.4 Å². The normalized spacial score (nSPS) is 22.2. The Bertz CT molecular complexity index is 311. The maximum Gasteiger partial charge on any atom is 0.0619 e. The molecule has 1 heterocycles. The second kappa shape index (κ2) is 3.27. The van der Waals surface area contributed by atoms with Crippen LogP contribution in [0.2, 0.25) is 0 Å². The summed E-state index contributed by atoms with van der Waals surface area (Å²) in [5.74, 6) is 0.782. The Morgan fingerprint density at radius 3 is 3.08 bits per heavy atom. The van der Waals surface area contributed by atoms with Crippen LogP contribution in [0.3, 0.4) is 0 Å². The predicted octanol–water partition coefficient (Wildman–Crippen LogP) is 1.61. The van der Waals surface area contributed by atoms with Gasteiger partial charge >= 0.3 is 0 Å². The number of hydrogen-bond donors (Lipinski definition) is 1. The number of nitrogens with one attached hydrogen (secondary N) is 1. The van der Waals surface area contributed by atoms with Gasteiger partial charge in [0.25, 0.3) is 0 Å². The van der Waals surface area contributed by atoms with Crippen molar-refractivity contribution in [1.29, 1.82) is 0 Å². The molecular weight excluding hydrogens is 170 g/mol. The number of rotatable bonds is 0. The molecule has 0 aromatic heterocycles. The summed E-state index contributed by atoms with van der Waals surface area (Å²) in [5.41, 5.74) is 1.04. The molecule has 0 saturated carbocycles. The van der Waals surface area contributed by atoms with Crippen molar-refractivity contribution in [3.05, 3.63) is 24.3 Å². The zero-order chi connectivity index (χ0) is 8.39. The van der Waals surface area contributed by atoms with Gasteiger partial charge in [-0.1, -0.05) is 12.1 Å². The smallest absolute Gasteiger partial charge is 0.0619 e. The first-order valence-corrected chi connectivity index (χ1v) is 5.41. The van der Waals surface area contributed by atoms with Crippen LogP contribution in [-0.2, 0) is 10.8 Å². The molecule has 12 heavy (non-hydrogen) atoms. The van der Waals surface area contributed by atoms with Crippen LogP contribution in [0.1, 0.15) is 6.42 Å². The molecule has 0 unspecified atom stereocenters. The maximum absolute atomic E-state index is 11.6. The lowest BCUT2D eigenvalue weighted by Gasteiger charge is -2.04. The summed E-state index contributed by atoms with van der Waals surface area (Å²) >= 11 is 0. The molecule has 0 fully saturated rings. The summed E-state index contributed by atoms with van der Waals surface area (Å²) < 4.78 is 11.6. The second-order valence-corrected chi connectivity index (χ2v) is 4.37. The van der Waals surface area contributed by atoms with Crippen molar-refractivity contribution < 1.29 is 4.21 Å². The zero-order valence-electron chi connectivity index (χ0n) is 6.75. The summed E-state index contributed by atoms with van der Waals surface area (Å²) in [5, 5.41) is 3.26. The molecule has 64 valence electrons. The maximum atomic E-state index is 11.6. The fraction of sp³-hybridized carbons (Fsp3) is 0.333. The Kier molecular flexibility index (Phi) is 2.13. The Labute approximate surface area is 74.4 Å². The van der Waals surface area contributed by atoms with E-state index in [4.69, 9.17) is 0 Å². The quantitative estimate of drug-likeness (QED) is 0.659. The van der Waals surface area contributed by atoms with Gasteiger partial charge in [0.15, 0.2) is 0 Å². The Hall–Kier alpha value is -0.830. The summed E-state index contributed by atoms with van der Waals surface area (Å²) in [6.07, 6.45) is 0.987. The largest absolute Gasteiger partial charge is 0.384 e. The third kappa shape index (κ3) is 1.37. The average Bonchev–Trinajstić information content (AvgIpc) is 2.29. The van der Waals surface area contributed by atoms with E-state index in [1.54, 1.807) is 0 Å². The molecule has 1 aromatic carbocycles. The molecule has 1 N–H and O–H groups in total. The van der Waals surface area contributed by atoms with E-state index in [0.717, 1.165) is 29.3 Å². The van der Waals surface area contributed by atoms with E-state index >= 15 is 0 Å². The highest BCUT2D eigenvalue weighted by molar-refractivity contribution is 7.85. The van der Waals surface area contributed by atoms with Crippen LogP contribution in [0.25, 0.3) is 0 Å². The van der Waals surface area contributed by atoms with E-state index in [1.165, 1.54) is 0 Å². The molecule has 1 aromatic rings. The predicted molar refractivity (Wildman–Crippen MR) is 50.8 cm³/mol. The van der Waals surface area contributed by atoms with E-state index in [1.807, 2.05) is 24.3 Å². The van der Waals surface area contributed by atoms with Crippen molar-refractivity contribution in [2.75, 3.05) is 17.6 Å². The Balaban J connectivity index is 2.46. The highest BCUT2D eigenvalue weighted by Crippen LogP contribution is 2.21. The van der Waals surface area contributed by atoms with Crippen LogP contribution in [0.15, 0.2) is 29.2 Å². The summed E-state index contributed by atoms with van der Waals surface area (Å²) in [4.78, 5) is 0.954. The van der Waals surface area contributed by atoms with E-state index in [9.17, 15) is 4.21 Å². The van der Waals surface area contributed by atoms with Crippen molar-refractivity contribution in [3.63, 3.8) is 0 Å². The van der Waals surface area contributed by atoms with Crippen molar-refractivity contribution in [2.24, 2.45) is 0 Å². The van der Waals surface area contributed by atoms with E-state index < -0.39 is 10.8 Å². The molecule has 2 rings (SSSR count). The lowest BCUT2D eigenvalue weighted by molar-refractivity contribution is 0.682. The van der Waals surface area contributed by atoms with Crippen molar-refractivity contribution in [3.8, 4) is 0 Å². The fourth-order valence-electron chi connectivity index (χ4n) is 1.35. The van der Waals surface area contributed by atoms with Crippen LogP contribution >= 0.6 is 0 Å². The minimum Gasteiger partial charge on any atom is -0.384 e. The van der Waals surface area contributed by atoms with Gasteiger partial charge in [-0.05, 0) is 18.6 Å². The van der Waals surface area contributed by atoms with Gasteiger partial charge in [-0.25, -0.2) is 0 Å². The fourth-order valence-corrected chi connectivity index (χ4v) is 2.59. The second-order valence-electron chi connectivity index (χ2n) is 2.83. The van der Waals surface area contributed by atoms with E-state index in [2.05, 4.69) is 5.32 Å². The minimum absolute atomic E-state index is 0.782. The first kappa shape index (κ1) is 7.80.